The number of hydrogen-bond acceptors (Lipinski definition) is 5. The van der Waals surface area contributed by atoms with Gasteiger partial charge in [0.05, 0.1) is 28.9 Å². The number of nitrogens with zero attached hydrogens (tertiary/aromatic N) is 1. The second-order valence-electron chi connectivity index (χ2n) is 11.4. The van der Waals surface area contributed by atoms with Gasteiger partial charge in [-0.2, -0.15) is 13.2 Å². The number of fused-ring (bicyclic) bond motifs is 1. The second-order valence-corrected chi connectivity index (χ2v) is 16.2. The lowest BCUT2D eigenvalue weighted by Crippen LogP contribution is -2.40. The molecule has 0 saturated heterocycles. The smallest absolute Gasteiger partial charge is 0.413 e. The van der Waals surface area contributed by atoms with Gasteiger partial charge >= 0.3 is 12.3 Å². The van der Waals surface area contributed by atoms with Gasteiger partial charge in [0.2, 0.25) is 0 Å². The Bertz CT molecular complexity index is 1630. The molecule has 0 unspecified atom stereocenters. The van der Waals surface area contributed by atoms with Gasteiger partial charge in [-0.15, -0.1) is 0 Å². The van der Waals surface area contributed by atoms with E-state index in [9.17, 15) is 22.8 Å². The van der Waals surface area contributed by atoms with E-state index in [1.807, 2.05) is 33.9 Å². The van der Waals surface area contributed by atoms with Crippen LogP contribution in [-0.2, 0) is 17.2 Å². The number of carbonyl (C=O) groups is 2. The van der Waals surface area contributed by atoms with E-state index in [0.29, 0.717) is 22.2 Å². The van der Waals surface area contributed by atoms with Crippen LogP contribution < -0.4 is 15.8 Å². The summed E-state index contributed by atoms with van der Waals surface area (Å²) in [5.41, 5.74) is 5.76. The molecule has 0 atom stereocenters. The highest BCUT2D eigenvalue weighted by molar-refractivity contribution is 6.74. The van der Waals surface area contributed by atoms with E-state index in [1.54, 1.807) is 42.5 Å². The minimum absolute atomic E-state index is 0.00310. The number of aromatic nitrogens is 1. The number of pyridine rings is 1. The molecular weight excluding hydrogens is 563 g/mol. The summed E-state index contributed by atoms with van der Waals surface area (Å²) in [6.45, 7) is 9.81. The number of alkyl halides is 3. The fraction of sp³-hybridized carbons (Fsp3) is 0.258. The minimum atomic E-state index is -4.66. The molecule has 0 aliphatic heterocycles. The first-order valence-corrected chi connectivity index (χ1v) is 16.1. The third-order valence-electron chi connectivity index (χ3n) is 7.38. The molecule has 220 valence electrons. The third-order valence-corrected chi connectivity index (χ3v) is 11.9. The predicted octanol–water partition coefficient (Wildman–Crippen LogP) is 8.15. The molecular formula is C31H32F3N3O4Si. The van der Waals surface area contributed by atoms with E-state index >= 15 is 0 Å². The van der Waals surface area contributed by atoms with Gasteiger partial charge in [-0.05, 0) is 72.2 Å². The summed E-state index contributed by atoms with van der Waals surface area (Å²) < 4.78 is 53.2. The summed E-state index contributed by atoms with van der Waals surface area (Å²) in [6, 6.07) is 18.7. The Morgan fingerprint density at radius 2 is 1.62 bits per heavy atom. The Morgan fingerprint density at radius 3 is 2.24 bits per heavy atom. The molecule has 4 rings (SSSR count). The summed E-state index contributed by atoms with van der Waals surface area (Å²) in [7, 11) is -2.30. The maximum atomic E-state index is 14.1. The summed E-state index contributed by atoms with van der Waals surface area (Å²) in [4.78, 5) is 29.3. The second kappa shape index (κ2) is 11.6. The molecule has 0 aliphatic carbocycles. The summed E-state index contributed by atoms with van der Waals surface area (Å²) in [6.07, 6.45) is -5.63. The van der Waals surface area contributed by atoms with Crippen LogP contribution in [-0.4, -0.2) is 25.3 Å². The van der Waals surface area contributed by atoms with Gasteiger partial charge in [-0.25, -0.2) is 9.78 Å². The van der Waals surface area contributed by atoms with Gasteiger partial charge in [0, 0.05) is 16.6 Å². The van der Waals surface area contributed by atoms with Crippen LogP contribution in [0.15, 0.2) is 72.8 Å². The highest BCUT2D eigenvalue weighted by Crippen LogP contribution is 2.39. The monoisotopic (exact) mass is 595 g/mol. The zero-order valence-electron chi connectivity index (χ0n) is 23.9. The SMILES string of the molecule is CC(C)(C)[Si](C)(C)OCc1ccc(NC(=O)c2cc3ccccc3nc2-c2ccc(OC(N)=O)cc2)cc1C(F)(F)F. The molecule has 1 heterocycles. The van der Waals surface area contributed by atoms with Crippen molar-refractivity contribution < 1.29 is 31.9 Å². The highest BCUT2D eigenvalue weighted by atomic mass is 28.4. The maximum Gasteiger partial charge on any atom is 0.416 e. The molecule has 1 aromatic heterocycles. The van der Waals surface area contributed by atoms with Crippen molar-refractivity contribution in [3.8, 4) is 17.0 Å². The molecule has 4 aromatic rings. The molecule has 0 spiro atoms. The Morgan fingerprint density at radius 1 is 0.952 bits per heavy atom. The van der Waals surface area contributed by atoms with Crippen molar-refractivity contribution in [2.24, 2.45) is 5.73 Å². The van der Waals surface area contributed by atoms with Crippen molar-refractivity contribution >= 4 is 36.9 Å². The lowest BCUT2D eigenvalue weighted by molar-refractivity contribution is -0.138. The number of nitrogens with two attached hydrogens (primary N) is 1. The number of benzene rings is 3. The average molecular weight is 596 g/mol. The number of carbonyl (C=O) groups excluding carboxylic acids is 2. The number of anilines is 1. The van der Waals surface area contributed by atoms with Gasteiger partial charge in [0.25, 0.3) is 5.91 Å². The number of halogens is 3. The number of rotatable bonds is 7. The molecule has 7 nitrogen and oxygen atoms in total. The van der Waals surface area contributed by atoms with Crippen LogP contribution >= 0.6 is 0 Å². The molecule has 0 fully saturated rings. The lowest BCUT2D eigenvalue weighted by Gasteiger charge is -2.36. The van der Waals surface area contributed by atoms with E-state index < -0.39 is 32.1 Å². The molecule has 0 radical (unpaired) electrons. The van der Waals surface area contributed by atoms with Crippen LogP contribution in [0.5, 0.6) is 5.75 Å². The van der Waals surface area contributed by atoms with Crippen molar-refractivity contribution in [2.75, 3.05) is 5.32 Å². The van der Waals surface area contributed by atoms with Crippen LogP contribution in [0, 0.1) is 0 Å². The zero-order chi connectivity index (χ0) is 30.9. The molecule has 3 aromatic carbocycles. The standard InChI is InChI=1S/C31H32F3N3O4Si/c1-30(2,3)42(4,5)40-18-21-10-13-22(17-25(21)31(32,33)34)36-28(38)24-16-20-8-6-7-9-26(20)37-27(24)19-11-14-23(15-12-19)41-29(35)39/h6-17H,18H2,1-5H3,(H2,35,39)(H,36,38). The topological polar surface area (TPSA) is 104 Å². The first-order chi connectivity index (χ1) is 19.5. The van der Waals surface area contributed by atoms with E-state index in [0.717, 1.165) is 6.07 Å². The fourth-order valence-electron chi connectivity index (χ4n) is 4.02. The van der Waals surface area contributed by atoms with Crippen molar-refractivity contribution in [2.45, 2.75) is 51.7 Å². The van der Waals surface area contributed by atoms with Crippen LogP contribution in [0.2, 0.25) is 18.1 Å². The van der Waals surface area contributed by atoms with Crippen molar-refractivity contribution in [1.82, 2.24) is 4.98 Å². The maximum absolute atomic E-state index is 14.1. The molecule has 11 heteroatoms. The van der Waals surface area contributed by atoms with E-state index in [4.69, 9.17) is 14.9 Å². The van der Waals surface area contributed by atoms with Crippen LogP contribution in [0.3, 0.4) is 0 Å². The van der Waals surface area contributed by atoms with E-state index in [1.165, 1.54) is 24.3 Å². The number of para-hydroxylation sites is 1. The van der Waals surface area contributed by atoms with Crippen LogP contribution in [0.4, 0.5) is 23.7 Å². The summed E-state index contributed by atoms with van der Waals surface area (Å²) in [5, 5.41) is 3.12. The van der Waals surface area contributed by atoms with Crippen LogP contribution in [0.25, 0.3) is 22.2 Å². The number of amides is 2. The number of primary amides is 1. The van der Waals surface area contributed by atoms with Crippen LogP contribution in [0.1, 0.15) is 42.3 Å². The molecule has 0 aliphatic rings. The molecule has 0 bridgehead atoms. The fourth-order valence-corrected chi connectivity index (χ4v) is 4.97. The number of nitrogens with one attached hydrogen (secondary N) is 1. The van der Waals surface area contributed by atoms with E-state index in [2.05, 4.69) is 10.3 Å². The van der Waals surface area contributed by atoms with Gasteiger partial charge in [0.15, 0.2) is 8.32 Å². The molecule has 42 heavy (non-hydrogen) atoms. The van der Waals surface area contributed by atoms with Crippen molar-refractivity contribution in [3.05, 3.63) is 89.5 Å². The Hall–Kier alpha value is -4.22. The van der Waals surface area contributed by atoms with Crippen molar-refractivity contribution in [1.29, 1.82) is 0 Å². The zero-order valence-corrected chi connectivity index (χ0v) is 24.9. The molecule has 3 N–H and O–H groups in total. The van der Waals surface area contributed by atoms with Gasteiger partial charge < -0.3 is 20.2 Å². The predicted molar refractivity (Wildman–Crippen MR) is 159 cm³/mol. The summed E-state index contributed by atoms with van der Waals surface area (Å²) >= 11 is 0. The largest absolute Gasteiger partial charge is 0.416 e. The minimum Gasteiger partial charge on any atom is -0.413 e. The quantitative estimate of drug-likeness (QED) is 0.210. The van der Waals surface area contributed by atoms with Gasteiger partial charge in [-0.1, -0.05) is 45.0 Å². The highest BCUT2D eigenvalue weighted by Gasteiger charge is 2.39. The van der Waals surface area contributed by atoms with E-state index in [-0.39, 0.29) is 34.2 Å². The lowest BCUT2D eigenvalue weighted by atomic mass is 10.0. The Balaban J connectivity index is 1.68. The van der Waals surface area contributed by atoms with Gasteiger partial charge in [0.1, 0.15) is 5.75 Å². The Labute approximate surface area is 243 Å². The molecule has 2 amide bonds. The number of hydrogen-bond donors (Lipinski definition) is 2. The molecule has 0 saturated carbocycles. The van der Waals surface area contributed by atoms with Gasteiger partial charge in [-0.3, -0.25) is 4.79 Å². The first kappa shape index (κ1) is 30.7. The normalized spacial score (nSPS) is 12.3. The first-order valence-electron chi connectivity index (χ1n) is 13.2. The van der Waals surface area contributed by atoms with Crippen molar-refractivity contribution in [3.63, 3.8) is 0 Å². The number of ether oxygens (including phenoxy) is 1. The average Bonchev–Trinajstić information content (AvgIpc) is 2.90. The Kier molecular flexibility index (Phi) is 8.47. The summed E-state index contributed by atoms with van der Waals surface area (Å²) in [5.74, 6) is -0.436. The third kappa shape index (κ3) is 6.97.